The number of nitrogens with one attached hydrogen (secondary N) is 1. The van der Waals surface area contributed by atoms with Gasteiger partial charge in [0.2, 0.25) is 0 Å². The maximum absolute atomic E-state index is 13.7. The molecule has 0 spiro atoms. The number of nitrogens with zero attached hydrogens (tertiary/aromatic N) is 3. The van der Waals surface area contributed by atoms with E-state index in [2.05, 4.69) is 15.2 Å². The van der Waals surface area contributed by atoms with E-state index in [0.29, 0.717) is 40.1 Å². The third-order valence-electron chi connectivity index (χ3n) is 5.41. The van der Waals surface area contributed by atoms with Crippen LogP contribution in [0.3, 0.4) is 0 Å². The normalized spacial score (nSPS) is 12.0. The van der Waals surface area contributed by atoms with Gasteiger partial charge in [-0.3, -0.25) is 14.9 Å². The third-order valence-corrected chi connectivity index (χ3v) is 5.41. The number of rotatable bonds is 7. The van der Waals surface area contributed by atoms with E-state index in [1.54, 1.807) is 44.7 Å². The minimum Gasteiger partial charge on any atom is -0.493 e. The summed E-state index contributed by atoms with van der Waals surface area (Å²) in [5, 5.41) is 17.7. The van der Waals surface area contributed by atoms with Crippen molar-refractivity contribution in [3.63, 3.8) is 0 Å². The molecule has 0 bridgehead atoms. The highest BCUT2D eigenvalue weighted by molar-refractivity contribution is 5.96. The summed E-state index contributed by atoms with van der Waals surface area (Å²) >= 11 is 0. The molecule has 2 aromatic heterocycles. The lowest BCUT2D eigenvalue weighted by Gasteiger charge is -2.27. The summed E-state index contributed by atoms with van der Waals surface area (Å²) in [6, 6.07) is 7.20. The Hall–Kier alpha value is -3.85. The molecule has 4 rings (SSSR count). The Labute approximate surface area is 188 Å². The number of H-pyrrole nitrogens is 1. The Morgan fingerprint density at radius 1 is 1.15 bits per heavy atom. The van der Waals surface area contributed by atoms with Gasteiger partial charge in [0.1, 0.15) is 17.4 Å². The number of aromatic nitrogens is 3. The van der Waals surface area contributed by atoms with Gasteiger partial charge in [-0.2, -0.15) is 5.10 Å². The van der Waals surface area contributed by atoms with Crippen molar-refractivity contribution in [3.8, 4) is 16.9 Å². The van der Waals surface area contributed by atoms with E-state index in [4.69, 9.17) is 4.74 Å². The molecule has 2 aromatic carbocycles. The molecule has 9 heteroatoms. The zero-order chi connectivity index (χ0) is 23.5. The number of fused-ring (bicyclic) bond motifs is 1. The molecule has 1 amide bonds. The van der Waals surface area contributed by atoms with Gasteiger partial charge in [-0.15, -0.1) is 0 Å². The van der Waals surface area contributed by atoms with Crippen LogP contribution in [0.4, 0.5) is 8.78 Å². The van der Waals surface area contributed by atoms with Crippen molar-refractivity contribution in [2.75, 3.05) is 20.3 Å². The third kappa shape index (κ3) is 4.40. The maximum atomic E-state index is 13.7. The fourth-order valence-corrected chi connectivity index (χ4v) is 3.79. The smallest absolute Gasteiger partial charge is 0.254 e. The van der Waals surface area contributed by atoms with Gasteiger partial charge in [-0.25, -0.2) is 8.78 Å². The topological polar surface area (TPSA) is 91.3 Å². The van der Waals surface area contributed by atoms with E-state index >= 15 is 0 Å². The Morgan fingerprint density at radius 2 is 1.91 bits per heavy atom. The number of aliphatic hydroxyl groups excluding tert-OH is 1. The highest BCUT2D eigenvalue weighted by Crippen LogP contribution is 2.33. The van der Waals surface area contributed by atoms with Gasteiger partial charge in [0, 0.05) is 47.6 Å². The number of halogens is 2. The lowest BCUT2D eigenvalue weighted by molar-refractivity contribution is 0.0659. The molecule has 0 aliphatic carbocycles. The van der Waals surface area contributed by atoms with E-state index in [-0.39, 0.29) is 12.5 Å². The lowest BCUT2D eigenvalue weighted by atomic mass is 10.0. The SMILES string of the molecule is CCOc1cc(C(=O)N(C)[C@H](CO)c2cncc3cn[nH]c23)ccc1-c1cc(F)cc(F)c1. The Kier molecular flexibility index (Phi) is 6.32. The zero-order valence-corrected chi connectivity index (χ0v) is 18.0. The molecule has 0 aliphatic heterocycles. The molecule has 33 heavy (non-hydrogen) atoms. The van der Waals surface area contributed by atoms with Crippen LogP contribution < -0.4 is 4.74 Å². The maximum Gasteiger partial charge on any atom is 0.254 e. The van der Waals surface area contributed by atoms with E-state index in [0.717, 1.165) is 11.5 Å². The summed E-state index contributed by atoms with van der Waals surface area (Å²) in [7, 11) is 1.58. The molecule has 0 fully saturated rings. The number of ether oxygens (including phenoxy) is 1. The van der Waals surface area contributed by atoms with Crippen molar-refractivity contribution in [1.82, 2.24) is 20.1 Å². The van der Waals surface area contributed by atoms with Gasteiger partial charge in [-0.1, -0.05) is 0 Å². The number of pyridine rings is 1. The predicted molar refractivity (Wildman–Crippen MR) is 119 cm³/mol. The van der Waals surface area contributed by atoms with Gasteiger partial charge in [0.05, 0.1) is 31.0 Å². The van der Waals surface area contributed by atoms with Crippen molar-refractivity contribution < 1.29 is 23.4 Å². The molecule has 0 aliphatic rings. The van der Waals surface area contributed by atoms with Crippen molar-refractivity contribution in [1.29, 1.82) is 0 Å². The number of carbonyl (C=O) groups is 1. The number of likely N-dealkylation sites (N-methyl/N-ethyl adjacent to an activating group) is 1. The molecule has 0 unspecified atom stereocenters. The number of hydrogen-bond donors (Lipinski definition) is 2. The fraction of sp³-hybridized carbons (Fsp3) is 0.208. The summed E-state index contributed by atoms with van der Waals surface area (Å²) in [6.07, 6.45) is 4.84. The molecule has 2 N–H and O–H groups in total. The van der Waals surface area contributed by atoms with Gasteiger partial charge in [0.25, 0.3) is 5.91 Å². The second-order valence-corrected chi connectivity index (χ2v) is 7.48. The van der Waals surface area contributed by atoms with Crippen LogP contribution in [0.15, 0.2) is 55.0 Å². The molecule has 0 radical (unpaired) electrons. The van der Waals surface area contributed by atoms with Crippen LogP contribution in [-0.2, 0) is 0 Å². The summed E-state index contributed by atoms with van der Waals surface area (Å²) in [5.74, 6) is -1.47. The average Bonchev–Trinajstić information content (AvgIpc) is 3.28. The van der Waals surface area contributed by atoms with E-state index < -0.39 is 17.7 Å². The Bertz CT molecular complexity index is 1290. The van der Waals surface area contributed by atoms with Crippen LogP contribution in [0, 0.1) is 11.6 Å². The molecule has 0 saturated heterocycles. The standard InChI is InChI=1S/C24H22F2N4O3/c1-3-33-22-8-14(4-5-19(22)15-6-17(25)9-18(26)7-15)24(32)30(2)21(13-31)20-12-27-10-16-11-28-29-23(16)20/h4-12,21,31H,3,13H2,1-2H3,(H,28,29)/t21-/m1/s1. The first-order valence-corrected chi connectivity index (χ1v) is 10.3. The summed E-state index contributed by atoms with van der Waals surface area (Å²) < 4.78 is 33.2. The van der Waals surface area contributed by atoms with E-state index in [9.17, 15) is 18.7 Å². The van der Waals surface area contributed by atoms with Gasteiger partial charge < -0.3 is 14.7 Å². The van der Waals surface area contributed by atoms with Crippen LogP contribution in [-0.4, -0.2) is 51.4 Å². The first-order valence-electron chi connectivity index (χ1n) is 10.3. The van der Waals surface area contributed by atoms with Gasteiger partial charge in [-0.05, 0) is 42.8 Å². The molecular formula is C24H22F2N4O3. The van der Waals surface area contributed by atoms with Crippen molar-refractivity contribution >= 4 is 16.8 Å². The van der Waals surface area contributed by atoms with Crippen LogP contribution >= 0.6 is 0 Å². The molecule has 170 valence electrons. The highest BCUT2D eigenvalue weighted by Gasteiger charge is 2.25. The molecule has 1 atom stereocenters. The Balaban J connectivity index is 1.69. The predicted octanol–water partition coefficient (Wildman–Crippen LogP) is 4.11. The quantitative estimate of drug-likeness (QED) is 0.440. The number of aromatic amines is 1. The second kappa shape index (κ2) is 9.33. The largest absolute Gasteiger partial charge is 0.493 e. The fourth-order valence-electron chi connectivity index (χ4n) is 3.79. The van der Waals surface area contributed by atoms with Crippen LogP contribution in [0.2, 0.25) is 0 Å². The van der Waals surface area contributed by atoms with E-state index in [1.807, 2.05) is 0 Å². The lowest BCUT2D eigenvalue weighted by Crippen LogP contribution is -2.33. The highest BCUT2D eigenvalue weighted by atomic mass is 19.1. The van der Waals surface area contributed by atoms with Gasteiger partial charge >= 0.3 is 0 Å². The number of aliphatic hydroxyl groups is 1. The van der Waals surface area contributed by atoms with Crippen LogP contribution in [0.25, 0.3) is 22.0 Å². The van der Waals surface area contributed by atoms with Crippen molar-refractivity contribution in [3.05, 3.63) is 77.8 Å². The number of benzene rings is 2. The molecular weight excluding hydrogens is 430 g/mol. The molecule has 2 heterocycles. The van der Waals surface area contributed by atoms with Crippen molar-refractivity contribution in [2.45, 2.75) is 13.0 Å². The van der Waals surface area contributed by atoms with E-state index in [1.165, 1.54) is 23.1 Å². The first-order chi connectivity index (χ1) is 15.9. The van der Waals surface area contributed by atoms with Crippen molar-refractivity contribution in [2.24, 2.45) is 0 Å². The molecule has 7 nitrogen and oxygen atoms in total. The van der Waals surface area contributed by atoms with Gasteiger partial charge in [0.15, 0.2) is 0 Å². The molecule has 0 saturated carbocycles. The summed E-state index contributed by atoms with van der Waals surface area (Å²) in [4.78, 5) is 18.9. The van der Waals surface area contributed by atoms with Crippen LogP contribution in [0.1, 0.15) is 28.9 Å². The Morgan fingerprint density at radius 3 is 2.61 bits per heavy atom. The number of amides is 1. The second-order valence-electron chi connectivity index (χ2n) is 7.48. The summed E-state index contributed by atoms with van der Waals surface area (Å²) in [6.45, 7) is 1.74. The minimum absolute atomic E-state index is 0.296. The summed E-state index contributed by atoms with van der Waals surface area (Å²) in [5.41, 5.74) is 2.36. The molecule has 4 aromatic rings. The van der Waals surface area contributed by atoms with Crippen LogP contribution in [0.5, 0.6) is 5.75 Å². The zero-order valence-electron chi connectivity index (χ0n) is 18.0. The number of hydrogen-bond acceptors (Lipinski definition) is 5. The number of carbonyl (C=O) groups excluding carboxylic acids is 1. The minimum atomic E-state index is -0.709. The average molecular weight is 452 g/mol. The first kappa shape index (κ1) is 22.3. The monoisotopic (exact) mass is 452 g/mol.